The van der Waals surface area contributed by atoms with E-state index in [9.17, 15) is 4.79 Å². The van der Waals surface area contributed by atoms with Crippen LogP contribution in [-0.4, -0.2) is 40.4 Å². The summed E-state index contributed by atoms with van der Waals surface area (Å²) in [5, 5.41) is 3.07. The van der Waals surface area contributed by atoms with Crippen molar-refractivity contribution in [2.24, 2.45) is 5.73 Å². The zero-order valence-electron chi connectivity index (χ0n) is 10.8. The number of hydrogen-bond donors (Lipinski definition) is 2. The number of nitrogens with two attached hydrogens (primary N) is 1. The summed E-state index contributed by atoms with van der Waals surface area (Å²) in [6.07, 6.45) is 5.03. The van der Waals surface area contributed by atoms with Gasteiger partial charge in [-0.3, -0.25) is 9.78 Å². The third kappa shape index (κ3) is 3.64. The molecule has 0 saturated carbocycles. The lowest BCUT2D eigenvalue weighted by molar-refractivity contribution is -0.130. The quantitative estimate of drug-likeness (QED) is 0.808. The van der Waals surface area contributed by atoms with Crippen LogP contribution in [0.15, 0.2) is 18.3 Å². The Morgan fingerprint density at radius 1 is 1.42 bits per heavy atom. The van der Waals surface area contributed by atoms with E-state index in [-0.39, 0.29) is 17.4 Å². The third-order valence-corrected chi connectivity index (χ3v) is 3.37. The van der Waals surface area contributed by atoms with Gasteiger partial charge in [-0.2, -0.15) is 0 Å². The molecule has 0 atom stereocenters. The molecular weight excluding hydrogens is 260 g/mol. The number of carbonyl (C=O) groups excluding carboxylic acids is 1. The van der Waals surface area contributed by atoms with Crippen molar-refractivity contribution in [2.75, 3.05) is 25.0 Å². The predicted molar refractivity (Wildman–Crippen MR) is 79.0 cm³/mol. The van der Waals surface area contributed by atoms with Crippen LogP contribution < -0.4 is 11.1 Å². The maximum Gasteiger partial charge on any atom is 0.241 e. The van der Waals surface area contributed by atoms with Crippen molar-refractivity contribution in [2.45, 2.75) is 19.3 Å². The molecule has 0 unspecified atom stereocenters. The number of likely N-dealkylation sites (tertiary alicyclic amines) is 1. The van der Waals surface area contributed by atoms with Crippen LogP contribution in [0.5, 0.6) is 0 Å². The van der Waals surface area contributed by atoms with Gasteiger partial charge in [0, 0.05) is 19.3 Å². The molecule has 0 radical (unpaired) electrons. The first kappa shape index (κ1) is 13.7. The van der Waals surface area contributed by atoms with Gasteiger partial charge in [0.15, 0.2) is 0 Å². The maximum atomic E-state index is 12.0. The molecule has 1 fully saturated rings. The summed E-state index contributed by atoms with van der Waals surface area (Å²) in [4.78, 5) is 18.3. The maximum absolute atomic E-state index is 12.0. The van der Waals surface area contributed by atoms with E-state index in [0.717, 1.165) is 25.9 Å². The summed E-state index contributed by atoms with van der Waals surface area (Å²) in [6.45, 7) is 1.97. The van der Waals surface area contributed by atoms with Crippen LogP contribution in [-0.2, 0) is 4.79 Å². The number of nitrogens with zero attached hydrogens (tertiary/aromatic N) is 2. The van der Waals surface area contributed by atoms with E-state index in [1.54, 1.807) is 12.3 Å². The van der Waals surface area contributed by atoms with Crippen molar-refractivity contribution in [3.05, 3.63) is 24.0 Å². The summed E-state index contributed by atoms with van der Waals surface area (Å²) < 4.78 is 0. The van der Waals surface area contributed by atoms with Gasteiger partial charge in [0.1, 0.15) is 10.7 Å². The van der Waals surface area contributed by atoms with Crippen LogP contribution in [0, 0.1) is 0 Å². The van der Waals surface area contributed by atoms with Gasteiger partial charge in [-0.25, -0.2) is 0 Å². The number of hydrogen-bond acceptors (Lipinski definition) is 4. The number of rotatable bonds is 4. The van der Waals surface area contributed by atoms with E-state index in [2.05, 4.69) is 10.3 Å². The zero-order chi connectivity index (χ0) is 13.7. The van der Waals surface area contributed by atoms with Gasteiger partial charge in [-0.1, -0.05) is 12.2 Å². The highest BCUT2D eigenvalue weighted by Crippen LogP contribution is 2.13. The Morgan fingerprint density at radius 2 is 2.16 bits per heavy atom. The van der Waals surface area contributed by atoms with Gasteiger partial charge in [0.05, 0.1) is 12.2 Å². The van der Waals surface area contributed by atoms with Crippen LogP contribution in [0.3, 0.4) is 0 Å². The van der Waals surface area contributed by atoms with Gasteiger partial charge in [-0.05, 0) is 31.4 Å². The molecule has 5 nitrogen and oxygen atoms in total. The van der Waals surface area contributed by atoms with Gasteiger partial charge >= 0.3 is 0 Å². The van der Waals surface area contributed by atoms with Crippen LogP contribution >= 0.6 is 12.2 Å². The van der Waals surface area contributed by atoms with Crippen LogP contribution in [0.1, 0.15) is 25.0 Å². The average molecular weight is 278 g/mol. The molecule has 19 heavy (non-hydrogen) atoms. The van der Waals surface area contributed by atoms with E-state index in [0.29, 0.717) is 11.4 Å². The molecule has 102 valence electrons. The molecule has 2 heterocycles. The molecule has 1 aliphatic heterocycles. The number of pyridine rings is 1. The highest BCUT2D eigenvalue weighted by Gasteiger charge is 2.16. The molecule has 1 saturated heterocycles. The summed E-state index contributed by atoms with van der Waals surface area (Å²) in [7, 11) is 0. The van der Waals surface area contributed by atoms with Crippen molar-refractivity contribution in [1.82, 2.24) is 9.88 Å². The molecular formula is C13H18N4OS. The summed E-state index contributed by atoms with van der Waals surface area (Å²) in [6, 6.07) is 3.61. The Hall–Kier alpha value is -1.69. The summed E-state index contributed by atoms with van der Waals surface area (Å²) in [5.41, 5.74) is 6.84. The van der Waals surface area contributed by atoms with E-state index in [1.807, 2.05) is 11.0 Å². The number of thiocarbonyl (C=S) groups is 1. The van der Waals surface area contributed by atoms with Gasteiger partial charge in [0.2, 0.25) is 5.91 Å². The van der Waals surface area contributed by atoms with Gasteiger partial charge in [-0.15, -0.1) is 0 Å². The Kier molecular flexibility index (Phi) is 4.68. The van der Waals surface area contributed by atoms with Crippen molar-refractivity contribution < 1.29 is 4.79 Å². The largest absolute Gasteiger partial charge is 0.388 e. The molecule has 6 heteroatoms. The number of carbonyl (C=O) groups is 1. The Morgan fingerprint density at radius 3 is 2.84 bits per heavy atom. The number of amides is 1. The highest BCUT2D eigenvalue weighted by atomic mass is 32.1. The zero-order valence-corrected chi connectivity index (χ0v) is 11.6. The topological polar surface area (TPSA) is 71.2 Å². The second kappa shape index (κ2) is 6.47. The Balaban J connectivity index is 1.94. The van der Waals surface area contributed by atoms with Crippen molar-refractivity contribution in [3.63, 3.8) is 0 Å². The normalized spacial score (nSPS) is 15.1. The average Bonchev–Trinajstić information content (AvgIpc) is 2.46. The highest BCUT2D eigenvalue weighted by molar-refractivity contribution is 7.80. The minimum Gasteiger partial charge on any atom is -0.388 e. The standard InChI is InChI=1S/C13H18N4OS/c14-13(19)12-10(5-4-6-15-12)16-9-11(18)17-7-2-1-3-8-17/h4-6,16H,1-3,7-9H2,(H2,14,19). The fourth-order valence-electron chi connectivity index (χ4n) is 2.17. The second-order valence-corrected chi connectivity index (χ2v) is 5.00. The lowest BCUT2D eigenvalue weighted by atomic mass is 10.1. The number of anilines is 1. The minimum atomic E-state index is 0.109. The first-order chi connectivity index (χ1) is 9.18. The van der Waals surface area contributed by atoms with Crippen LogP contribution in [0.4, 0.5) is 5.69 Å². The van der Waals surface area contributed by atoms with Gasteiger partial charge in [0.25, 0.3) is 0 Å². The van der Waals surface area contributed by atoms with Crippen molar-refractivity contribution in [1.29, 1.82) is 0 Å². The lowest BCUT2D eigenvalue weighted by Crippen LogP contribution is -2.39. The van der Waals surface area contributed by atoms with Crippen LogP contribution in [0.2, 0.25) is 0 Å². The monoisotopic (exact) mass is 278 g/mol. The molecule has 0 bridgehead atoms. The molecule has 0 spiro atoms. The van der Waals surface area contributed by atoms with Crippen LogP contribution in [0.25, 0.3) is 0 Å². The SMILES string of the molecule is NC(=S)c1ncccc1NCC(=O)N1CCCCC1. The van der Waals surface area contributed by atoms with Gasteiger partial charge < -0.3 is 16.0 Å². The molecule has 1 aromatic heterocycles. The molecule has 3 N–H and O–H groups in total. The summed E-state index contributed by atoms with van der Waals surface area (Å²) >= 11 is 4.93. The van der Waals surface area contributed by atoms with E-state index < -0.39 is 0 Å². The first-order valence-corrected chi connectivity index (χ1v) is 6.86. The summed E-state index contributed by atoms with van der Waals surface area (Å²) in [5.74, 6) is 0.109. The fraction of sp³-hybridized carbons (Fsp3) is 0.462. The molecule has 2 rings (SSSR count). The Bertz CT molecular complexity index is 471. The number of piperidine rings is 1. The predicted octanol–water partition coefficient (Wildman–Crippen LogP) is 1.14. The molecule has 0 aromatic carbocycles. The van der Waals surface area contributed by atoms with E-state index in [4.69, 9.17) is 18.0 Å². The van der Waals surface area contributed by atoms with E-state index >= 15 is 0 Å². The Labute approximate surface area is 118 Å². The number of nitrogens with one attached hydrogen (secondary N) is 1. The fourth-order valence-corrected chi connectivity index (χ4v) is 2.33. The van der Waals surface area contributed by atoms with Crippen molar-refractivity contribution >= 4 is 28.8 Å². The molecule has 1 aliphatic rings. The molecule has 1 aromatic rings. The molecule has 1 amide bonds. The number of aromatic nitrogens is 1. The minimum absolute atomic E-state index is 0.109. The van der Waals surface area contributed by atoms with Crippen molar-refractivity contribution in [3.8, 4) is 0 Å². The first-order valence-electron chi connectivity index (χ1n) is 6.45. The molecule has 0 aliphatic carbocycles. The van der Waals surface area contributed by atoms with E-state index in [1.165, 1.54) is 6.42 Å². The third-order valence-electron chi connectivity index (χ3n) is 3.18. The second-order valence-electron chi connectivity index (χ2n) is 4.56. The smallest absolute Gasteiger partial charge is 0.241 e. The lowest BCUT2D eigenvalue weighted by Gasteiger charge is -2.27.